The van der Waals surface area contributed by atoms with E-state index in [4.69, 9.17) is 19.7 Å². The molecule has 0 aliphatic carbocycles. The molecule has 2 heterocycles. The number of nitrogens with one attached hydrogen (secondary N) is 2. The maximum atomic E-state index is 12.4. The van der Waals surface area contributed by atoms with Crippen LogP contribution in [0.3, 0.4) is 0 Å². The van der Waals surface area contributed by atoms with Crippen LogP contribution in [0.2, 0.25) is 0 Å². The van der Waals surface area contributed by atoms with Gasteiger partial charge < -0.3 is 10.1 Å². The first kappa shape index (κ1) is 26.7. The van der Waals surface area contributed by atoms with Crippen LogP contribution >= 0.6 is 0 Å². The van der Waals surface area contributed by atoms with Crippen molar-refractivity contribution >= 4 is 28.8 Å². The monoisotopic (exact) mass is 551 g/mol. The summed E-state index contributed by atoms with van der Waals surface area (Å²) in [7, 11) is 0. The number of aromatic nitrogens is 3. The minimum absolute atomic E-state index is 0.204. The topological polar surface area (TPSA) is 89.0 Å². The van der Waals surface area contributed by atoms with Gasteiger partial charge in [0.25, 0.3) is 0 Å². The van der Waals surface area contributed by atoms with Crippen LogP contribution in [0.1, 0.15) is 24.1 Å². The SMILES string of the molecule is CCOC(=O)Nc1cc(NC(c2ccccc2)c2ccccc2)c2nc(-c3ccccc3)c(-c3ccccc3)nc2n1. The zero-order valence-corrected chi connectivity index (χ0v) is 23.1. The second-order valence-electron chi connectivity index (χ2n) is 9.62. The van der Waals surface area contributed by atoms with E-state index in [2.05, 4.69) is 34.9 Å². The fourth-order valence-electron chi connectivity index (χ4n) is 4.88. The Morgan fingerprint density at radius 2 is 1.19 bits per heavy atom. The molecule has 2 N–H and O–H groups in total. The molecule has 0 unspecified atom stereocenters. The molecule has 0 bridgehead atoms. The van der Waals surface area contributed by atoms with E-state index in [-0.39, 0.29) is 12.6 Å². The van der Waals surface area contributed by atoms with E-state index < -0.39 is 6.09 Å². The van der Waals surface area contributed by atoms with Crippen molar-refractivity contribution in [3.05, 3.63) is 139 Å². The van der Waals surface area contributed by atoms with Crippen molar-refractivity contribution in [2.24, 2.45) is 0 Å². The van der Waals surface area contributed by atoms with Crippen LogP contribution in [0.25, 0.3) is 33.7 Å². The lowest BCUT2D eigenvalue weighted by Crippen LogP contribution is -2.17. The third kappa shape index (κ3) is 5.81. The summed E-state index contributed by atoms with van der Waals surface area (Å²) in [6.45, 7) is 2.00. The molecule has 0 aliphatic rings. The van der Waals surface area contributed by atoms with E-state index in [0.29, 0.717) is 28.4 Å². The van der Waals surface area contributed by atoms with Gasteiger partial charge in [0.1, 0.15) is 11.3 Å². The van der Waals surface area contributed by atoms with Crippen LogP contribution < -0.4 is 10.6 Å². The van der Waals surface area contributed by atoms with Gasteiger partial charge in [0, 0.05) is 17.2 Å². The van der Waals surface area contributed by atoms with E-state index in [0.717, 1.165) is 27.9 Å². The quantitative estimate of drug-likeness (QED) is 0.199. The number of rotatable bonds is 8. The average molecular weight is 552 g/mol. The van der Waals surface area contributed by atoms with E-state index in [9.17, 15) is 4.79 Å². The number of nitrogens with zero attached hydrogens (tertiary/aromatic N) is 3. The number of benzene rings is 4. The Labute approximate surface area is 244 Å². The first-order chi connectivity index (χ1) is 20.7. The summed E-state index contributed by atoms with van der Waals surface area (Å²) in [5.74, 6) is 0.309. The van der Waals surface area contributed by atoms with Crippen molar-refractivity contribution in [1.82, 2.24) is 15.0 Å². The average Bonchev–Trinajstić information content (AvgIpc) is 3.04. The highest BCUT2D eigenvalue weighted by Gasteiger charge is 2.21. The molecule has 206 valence electrons. The maximum Gasteiger partial charge on any atom is 0.412 e. The normalized spacial score (nSPS) is 10.9. The molecule has 0 saturated carbocycles. The van der Waals surface area contributed by atoms with Gasteiger partial charge >= 0.3 is 6.09 Å². The Morgan fingerprint density at radius 3 is 1.71 bits per heavy atom. The molecule has 0 aliphatic heterocycles. The van der Waals surface area contributed by atoms with Crippen LogP contribution in [0.5, 0.6) is 0 Å². The summed E-state index contributed by atoms with van der Waals surface area (Å²) in [5.41, 5.74) is 7.09. The molecule has 7 heteroatoms. The minimum Gasteiger partial charge on any atom is -0.450 e. The van der Waals surface area contributed by atoms with Gasteiger partial charge in [0.15, 0.2) is 5.65 Å². The van der Waals surface area contributed by atoms with E-state index >= 15 is 0 Å². The van der Waals surface area contributed by atoms with Gasteiger partial charge in [0.2, 0.25) is 0 Å². The second-order valence-corrected chi connectivity index (χ2v) is 9.62. The zero-order chi connectivity index (χ0) is 28.7. The molecule has 1 amide bonds. The number of anilines is 2. The lowest BCUT2D eigenvalue weighted by atomic mass is 9.98. The number of amides is 1. The number of hydrogen-bond donors (Lipinski definition) is 2. The number of fused-ring (bicyclic) bond motifs is 1. The first-order valence-corrected chi connectivity index (χ1v) is 13.8. The number of carbonyl (C=O) groups excluding carboxylic acids is 1. The molecule has 0 spiro atoms. The van der Waals surface area contributed by atoms with Crippen molar-refractivity contribution in [3.63, 3.8) is 0 Å². The maximum absolute atomic E-state index is 12.4. The molecule has 0 atom stereocenters. The summed E-state index contributed by atoms with van der Waals surface area (Å²) in [5, 5.41) is 6.46. The summed E-state index contributed by atoms with van der Waals surface area (Å²) >= 11 is 0. The first-order valence-electron chi connectivity index (χ1n) is 13.8. The summed E-state index contributed by atoms with van der Waals surface area (Å²) in [6.07, 6.45) is -0.588. The van der Waals surface area contributed by atoms with Crippen LogP contribution in [-0.2, 0) is 4.74 Å². The molecule has 0 radical (unpaired) electrons. The van der Waals surface area contributed by atoms with E-state index in [1.54, 1.807) is 13.0 Å². The van der Waals surface area contributed by atoms with Crippen molar-refractivity contribution in [2.75, 3.05) is 17.2 Å². The van der Waals surface area contributed by atoms with Gasteiger partial charge in [-0.1, -0.05) is 121 Å². The molecule has 2 aromatic heterocycles. The third-order valence-corrected chi connectivity index (χ3v) is 6.81. The largest absolute Gasteiger partial charge is 0.450 e. The Bertz CT molecular complexity index is 1760. The minimum atomic E-state index is -0.588. The molecular weight excluding hydrogens is 522 g/mol. The molecule has 4 aromatic carbocycles. The van der Waals surface area contributed by atoms with Gasteiger partial charge in [-0.05, 0) is 18.1 Å². The Morgan fingerprint density at radius 1 is 0.690 bits per heavy atom. The number of pyridine rings is 1. The Kier molecular flexibility index (Phi) is 7.81. The molecule has 7 nitrogen and oxygen atoms in total. The third-order valence-electron chi connectivity index (χ3n) is 6.81. The van der Waals surface area contributed by atoms with Gasteiger partial charge in [0.05, 0.1) is 29.7 Å². The van der Waals surface area contributed by atoms with Gasteiger partial charge in [-0.2, -0.15) is 0 Å². The highest BCUT2D eigenvalue weighted by molar-refractivity contribution is 5.94. The Balaban J connectivity index is 1.57. The molecule has 0 fully saturated rings. The fourth-order valence-corrected chi connectivity index (χ4v) is 4.88. The van der Waals surface area contributed by atoms with Crippen molar-refractivity contribution in [1.29, 1.82) is 0 Å². The zero-order valence-electron chi connectivity index (χ0n) is 23.1. The Hall–Kier alpha value is -5.56. The van der Waals surface area contributed by atoms with E-state index in [1.165, 1.54) is 0 Å². The molecule has 0 saturated heterocycles. The smallest absolute Gasteiger partial charge is 0.412 e. The van der Waals surface area contributed by atoms with E-state index in [1.807, 2.05) is 97.1 Å². The van der Waals surface area contributed by atoms with Gasteiger partial charge in [-0.25, -0.2) is 19.7 Å². The highest BCUT2D eigenvalue weighted by atomic mass is 16.5. The fraction of sp³-hybridized carbons (Fsp3) is 0.0857. The van der Waals surface area contributed by atoms with Crippen LogP contribution in [0.4, 0.5) is 16.3 Å². The predicted octanol–water partition coefficient (Wildman–Crippen LogP) is 8.13. The lowest BCUT2D eigenvalue weighted by Gasteiger charge is -2.22. The number of carbonyl (C=O) groups is 1. The molecule has 6 aromatic rings. The summed E-state index contributed by atoms with van der Waals surface area (Å²) < 4.78 is 5.14. The highest BCUT2D eigenvalue weighted by Crippen LogP contribution is 2.35. The number of hydrogen-bond acceptors (Lipinski definition) is 6. The summed E-state index contributed by atoms with van der Waals surface area (Å²) in [6, 6.07) is 41.9. The van der Waals surface area contributed by atoms with Gasteiger partial charge in [-0.3, -0.25) is 5.32 Å². The standard InChI is InChI=1S/C35H29N5O2/c1-2-42-35(41)38-29-23-28(36-30(24-15-7-3-8-16-24)25-17-9-4-10-18-25)33-34(37-29)40-32(27-21-13-6-14-22-27)31(39-33)26-19-11-5-12-20-26/h3-23,30H,2H2,1H3,(H2,36,37,38,40,41). The summed E-state index contributed by atoms with van der Waals surface area (Å²) in [4.78, 5) is 27.4. The molecule has 6 rings (SSSR count). The van der Waals surface area contributed by atoms with Gasteiger partial charge in [-0.15, -0.1) is 0 Å². The van der Waals surface area contributed by atoms with Crippen molar-refractivity contribution < 1.29 is 9.53 Å². The van der Waals surface area contributed by atoms with Crippen LogP contribution in [0, 0.1) is 0 Å². The van der Waals surface area contributed by atoms with Crippen molar-refractivity contribution in [2.45, 2.75) is 13.0 Å². The number of ether oxygens (including phenoxy) is 1. The van der Waals surface area contributed by atoms with Crippen LogP contribution in [-0.4, -0.2) is 27.7 Å². The van der Waals surface area contributed by atoms with Crippen molar-refractivity contribution in [3.8, 4) is 22.5 Å². The van der Waals surface area contributed by atoms with Crippen LogP contribution in [0.15, 0.2) is 127 Å². The molecular formula is C35H29N5O2. The second kappa shape index (κ2) is 12.3. The lowest BCUT2D eigenvalue weighted by molar-refractivity contribution is 0.168. The predicted molar refractivity (Wildman–Crippen MR) is 167 cm³/mol. The molecule has 42 heavy (non-hydrogen) atoms.